The van der Waals surface area contributed by atoms with Crippen LogP contribution in [0.2, 0.25) is 0 Å². The number of ether oxygens (including phenoxy) is 2. The van der Waals surface area contributed by atoms with Gasteiger partial charge in [0.25, 0.3) is 0 Å². The van der Waals surface area contributed by atoms with E-state index in [2.05, 4.69) is 21.4 Å². The molecule has 6 nitrogen and oxygen atoms in total. The van der Waals surface area contributed by atoms with E-state index in [1.807, 2.05) is 12.1 Å². The molecule has 1 saturated heterocycles. The van der Waals surface area contributed by atoms with Crippen molar-refractivity contribution in [2.24, 2.45) is 0 Å². The molecule has 0 radical (unpaired) electrons. The highest BCUT2D eigenvalue weighted by Crippen LogP contribution is 2.38. The lowest BCUT2D eigenvalue weighted by Crippen LogP contribution is -2.40. The highest BCUT2D eigenvalue weighted by atomic mass is 16.5. The lowest BCUT2D eigenvalue weighted by atomic mass is 10.0. The molecule has 2 unspecified atom stereocenters. The normalized spacial score (nSPS) is 22.0. The molecule has 4 rings (SSSR count). The minimum Gasteiger partial charge on any atom is -0.487 e. The maximum atomic E-state index is 12.1. The van der Waals surface area contributed by atoms with Crippen molar-refractivity contribution in [3.8, 4) is 16.9 Å². The molecule has 0 spiro atoms. The van der Waals surface area contributed by atoms with Crippen LogP contribution < -0.4 is 10.1 Å². The minimum atomic E-state index is -0.300. The number of nitrogens with zero attached hydrogens (tertiary/aromatic N) is 2. The summed E-state index contributed by atoms with van der Waals surface area (Å²) >= 11 is 0. The number of amides is 1. The van der Waals surface area contributed by atoms with Crippen LogP contribution in [0.1, 0.15) is 18.4 Å². The fourth-order valence-electron chi connectivity index (χ4n) is 3.23. The Morgan fingerprint density at radius 3 is 2.96 bits per heavy atom. The van der Waals surface area contributed by atoms with Crippen molar-refractivity contribution >= 4 is 5.91 Å². The van der Waals surface area contributed by atoms with Gasteiger partial charge in [0.05, 0.1) is 6.54 Å². The molecule has 1 aromatic heterocycles. The van der Waals surface area contributed by atoms with Gasteiger partial charge in [-0.3, -0.25) is 4.79 Å². The van der Waals surface area contributed by atoms with Gasteiger partial charge >= 0.3 is 0 Å². The maximum absolute atomic E-state index is 12.1. The summed E-state index contributed by atoms with van der Waals surface area (Å²) in [5.41, 5.74) is 3.06. The van der Waals surface area contributed by atoms with Crippen molar-refractivity contribution in [3.63, 3.8) is 0 Å². The van der Waals surface area contributed by atoms with Crippen molar-refractivity contribution < 1.29 is 14.3 Å². The number of carbonyl (C=O) groups is 1. The Kier molecular flexibility index (Phi) is 4.13. The SMILES string of the molecule is O=C(NCC1Cc2cccc(-c3cncnc3)c2O1)C1CCCO1. The Morgan fingerprint density at radius 1 is 1.29 bits per heavy atom. The predicted molar refractivity (Wildman–Crippen MR) is 87.6 cm³/mol. The average Bonchev–Trinajstić information content (AvgIpc) is 3.29. The highest BCUT2D eigenvalue weighted by molar-refractivity contribution is 5.81. The lowest BCUT2D eigenvalue weighted by molar-refractivity contribution is -0.130. The van der Waals surface area contributed by atoms with Gasteiger partial charge in [0.15, 0.2) is 0 Å². The average molecular weight is 325 g/mol. The van der Waals surface area contributed by atoms with Crippen molar-refractivity contribution in [3.05, 3.63) is 42.5 Å². The maximum Gasteiger partial charge on any atom is 0.249 e. The molecule has 24 heavy (non-hydrogen) atoms. The first kappa shape index (κ1) is 15.1. The van der Waals surface area contributed by atoms with Crippen LogP contribution in [0, 0.1) is 0 Å². The quantitative estimate of drug-likeness (QED) is 0.927. The number of benzene rings is 1. The fourth-order valence-corrected chi connectivity index (χ4v) is 3.23. The first-order valence-electron chi connectivity index (χ1n) is 8.24. The first-order valence-corrected chi connectivity index (χ1v) is 8.24. The Labute approximate surface area is 140 Å². The summed E-state index contributed by atoms with van der Waals surface area (Å²) in [7, 11) is 0. The molecular weight excluding hydrogens is 306 g/mol. The Balaban J connectivity index is 1.43. The van der Waals surface area contributed by atoms with Crippen LogP contribution in [0.5, 0.6) is 5.75 Å². The molecule has 1 amide bonds. The van der Waals surface area contributed by atoms with Crippen molar-refractivity contribution in [2.75, 3.05) is 13.2 Å². The number of nitrogens with one attached hydrogen (secondary N) is 1. The van der Waals surface area contributed by atoms with Crippen LogP contribution in [-0.2, 0) is 16.0 Å². The molecule has 0 aliphatic carbocycles. The molecule has 0 saturated carbocycles. The van der Waals surface area contributed by atoms with Gasteiger partial charge in [0.1, 0.15) is 24.3 Å². The second-order valence-corrected chi connectivity index (χ2v) is 6.11. The minimum absolute atomic E-state index is 0.0382. The zero-order valence-corrected chi connectivity index (χ0v) is 13.3. The van der Waals surface area contributed by atoms with Gasteiger partial charge in [0, 0.05) is 36.5 Å². The van der Waals surface area contributed by atoms with Crippen molar-refractivity contribution in [1.82, 2.24) is 15.3 Å². The lowest BCUT2D eigenvalue weighted by Gasteiger charge is -2.15. The summed E-state index contributed by atoms with van der Waals surface area (Å²) in [5, 5.41) is 2.95. The second-order valence-electron chi connectivity index (χ2n) is 6.11. The Bertz CT molecular complexity index is 730. The molecule has 1 N–H and O–H groups in total. The second kappa shape index (κ2) is 6.57. The van der Waals surface area contributed by atoms with E-state index in [4.69, 9.17) is 9.47 Å². The summed E-state index contributed by atoms with van der Waals surface area (Å²) in [6, 6.07) is 6.08. The summed E-state index contributed by atoms with van der Waals surface area (Å²) in [6.45, 7) is 1.16. The molecule has 1 aromatic carbocycles. The summed E-state index contributed by atoms with van der Waals surface area (Å²) in [6.07, 6.45) is 7.24. The molecule has 3 heterocycles. The highest BCUT2D eigenvalue weighted by Gasteiger charge is 2.28. The third kappa shape index (κ3) is 2.97. The third-order valence-corrected chi connectivity index (χ3v) is 4.43. The van der Waals surface area contributed by atoms with Gasteiger partial charge in [-0.05, 0) is 18.4 Å². The Morgan fingerprint density at radius 2 is 2.17 bits per heavy atom. The van der Waals surface area contributed by atoms with E-state index in [-0.39, 0.29) is 18.1 Å². The molecule has 2 aromatic rings. The Hall–Kier alpha value is -2.47. The van der Waals surface area contributed by atoms with Crippen LogP contribution in [-0.4, -0.2) is 41.2 Å². The van der Waals surface area contributed by atoms with Crippen LogP contribution in [0.3, 0.4) is 0 Å². The molecule has 6 heteroatoms. The summed E-state index contributed by atoms with van der Waals surface area (Å²) < 4.78 is 11.5. The monoisotopic (exact) mass is 325 g/mol. The topological polar surface area (TPSA) is 73.3 Å². The van der Waals surface area contributed by atoms with Gasteiger partial charge in [0.2, 0.25) is 5.91 Å². The molecule has 124 valence electrons. The van der Waals surface area contributed by atoms with Crippen LogP contribution >= 0.6 is 0 Å². The number of hydrogen-bond acceptors (Lipinski definition) is 5. The molecule has 2 aliphatic rings. The smallest absolute Gasteiger partial charge is 0.249 e. The number of rotatable bonds is 4. The third-order valence-electron chi connectivity index (χ3n) is 4.43. The van der Waals surface area contributed by atoms with Gasteiger partial charge < -0.3 is 14.8 Å². The predicted octanol–water partition coefficient (Wildman–Crippen LogP) is 1.74. The van der Waals surface area contributed by atoms with E-state index >= 15 is 0 Å². The zero-order chi connectivity index (χ0) is 16.4. The van der Waals surface area contributed by atoms with E-state index in [9.17, 15) is 4.79 Å². The standard InChI is InChI=1S/C18H19N3O3/c22-18(16-5-2-6-23-16)21-10-14-7-12-3-1-4-15(17(12)24-14)13-8-19-11-20-9-13/h1,3-4,8-9,11,14,16H,2,5-7,10H2,(H,21,22). The first-order chi connectivity index (χ1) is 11.8. The van der Waals surface area contributed by atoms with Gasteiger partial charge in [-0.2, -0.15) is 0 Å². The van der Waals surface area contributed by atoms with E-state index in [1.165, 1.54) is 6.33 Å². The largest absolute Gasteiger partial charge is 0.487 e. The van der Waals surface area contributed by atoms with Crippen molar-refractivity contribution in [2.45, 2.75) is 31.5 Å². The van der Waals surface area contributed by atoms with Crippen LogP contribution in [0.15, 0.2) is 36.9 Å². The zero-order valence-electron chi connectivity index (χ0n) is 13.3. The molecule has 1 fully saturated rings. The molecule has 2 atom stereocenters. The molecule has 0 bridgehead atoms. The van der Waals surface area contributed by atoms with E-state index < -0.39 is 0 Å². The fraction of sp³-hybridized carbons (Fsp3) is 0.389. The van der Waals surface area contributed by atoms with Gasteiger partial charge in [-0.1, -0.05) is 18.2 Å². The summed E-state index contributed by atoms with van der Waals surface area (Å²) in [5.74, 6) is 0.826. The molecule has 2 aliphatic heterocycles. The van der Waals surface area contributed by atoms with Gasteiger partial charge in [-0.25, -0.2) is 9.97 Å². The number of hydrogen-bond donors (Lipinski definition) is 1. The summed E-state index contributed by atoms with van der Waals surface area (Å²) in [4.78, 5) is 20.2. The van der Waals surface area contributed by atoms with Crippen LogP contribution in [0.25, 0.3) is 11.1 Å². The van der Waals surface area contributed by atoms with E-state index in [0.29, 0.717) is 13.2 Å². The number of carbonyl (C=O) groups excluding carboxylic acids is 1. The number of para-hydroxylation sites is 1. The number of aromatic nitrogens is 2. The van der Waals surface area contributed by atoms with Crippen LogP contribution in [0.4, 0.5) is 0 Å². The van der Waals surface area contributed by atoms with Gasteiger partial charge in [-0.15, -0.1) is 0 Å². The van der Waals surface area contributed by atoms with E-state index in [1.54, 1.807) is 12.4 Å². The number of fused-ring (bicyclic) bond motifs is 1. The van der Waals surface area contributed by atoms with E-state index in [0.717, 1.165) is 41.7 Å². The van der Waals surface area contributed by atoms with Crippen molar-refractivity contribution in [1.29, 1.82) is 0 Å². The molecular formula is C18H19N3O3.